The van der Waals surface area contributed by atoms with E-state index in [9.17, 15) is 14.0 Å². The fourth-order valence-corrected chi connectivity index (χ4v) is 4.18. The minimum atomic E-state index is -0.316. The van der Waals surface area contributed by atoms with Crippen LogP contribution < -0.4 is 10.2 Å². The zero-order valence-electron chi connectivity index (χ0n) is 14.4. The number of amides is 2. The first-order valence-electron chi connectivity index (χ1n) is 8.63. The minimum Gasteiger partial charge on any atom is -0.326 e. The molecule has 134 valence electrons. The molecule has 4 nitrogen and oxygen atoms in total. The van der Waals surface area contributed by atoms with Gasteiger partial charge in [-0.2, -0.15) is 0 Å². The molecular formula is C20H19FN2O2S. The van der Waals surface area contributed by atoms with Gasteiger partial charge < -0.3 is 5.32 Å². The van der Waals surface area contributed by atoms with E-state index in [-0.39, 0.29) is 28.9 Å². The highest BCUT2D eigenvalue weighted by atomic mass is 32.2. The average molecular weight is 370 g/mol. The van der Waals surface area contributed by atoms with E-state index in [1.807, 2.05) is 24.3 Å². The third-order valence-corrected chi connectivity index (χ3v) is 5.93. The van der Waals surface area contributed by atoms with E-state index < -0.39 is 0 Å². The van der Waals surface area contributed by atoms with Gasteiger partial charge in [0, 0.05) is 17.3 Å². The Labute approximate surface area is 155 Å². The number of nitrogens with one attached hydrogen (secondary N) is 1. The molecule has 1 aliphatic carbocycles. The van der Waals surface area contributed by atoms with Crippen LogP contribution in [0.15, 0.2) is 42.5 Å². The standard InChI is InChI=1S/C20H19FN2O2S/c1-12-2-9-16(10-17(12)21)23-18(24)11-26-20(23)14-5-7-15(8-6-14)22-19(25)13-3-4-13/h2,5-10,13,20H,3-4,11H2,1H3,(H,22,25)/t20-/m1/s1. The molecule has 0 bridgehead atoms. The predicted octanol–water partition coefficient (Wildman–Crippen LogP) is 4.26. The molecule has 2 amide bonds. The summed E-state index contributed by atoms with van der Waals surface area (Å²) in [5.74, 6) is 0.239. The zero-order valence-corrected chi connectivity index (χ0v) is 15.2. The number of aryl methyl sites for hydroxylation is 1. The van der Waals surface area contributed by atoms with Crippen LogP contribution in [0, 0.1) is 18.7 Å². The topological polar surface area (TPSA) is 49.4 Å². The number of anilines is 2. The Bertz CT molecular complexity index is 865. The Morgan fingerprint density at radius 1 is 1.19 bits per heavy atom. The predicted molar refractivity (Wildman–Crippen MR) is 102 cm³/mol. The molecule has 0 aromatic heterocycles. The minimum absolute atomic E-state index is 0.0330. The van der Waals surface area contributed by atoms with E-state index in [0.717, 1.165) is 24.1 Å². The van der Waals surface area contributed by atoms with Crippen LogP contribution in [0.5, 0.6) is 0 Å². The number of rotatable bonds is 4. The second-order valence-corrected chi connectivity index (χ2v) is 7.81. The van der Waals surface area contributed by atoms with E-state index in [1.54, 1.807) is 24.0 Å². The summed E-state index contributed by atoms with van der Waals surface area (Å²) < 4.78 is 13.9. The van der Waals surface area contributed by atoms with Crippen molar-refractivity contribution in [1.82, 2.24) is 0 Å². The summed E-state index contributed by atoms with van der Waals surface area (Å²) in [6, 6.07) is 12.4. The molecule has 2 aromatic rings. The van der Waals surface area contributed by atoms with Crippen molar-refractivity contribution in [2.45, 2.75) is 25.1 Å². The van der Waals surface area contributed by atoms with Gasteiger partial charge in [0.1, 0.15) is 11.2 Å². The number of carbonyl (C=O) groups excluding carboxylic acids is 2. The first-order valence-corrected chi connectivity index (χ1v) is 9.68. The molecule has 1 heterocycles. The molecule has 2 aromatic carbocycles. The number of hydrogen-bond acceptors (Lipinski definition) is 3. The number of carbonyl (C=O) groups is 2. The van der Waals surface area contributed by atoms with Gasteiger partial charge in [0.05, 0.1) is 5.75 Å². The zero-order chi connectivity index (χ0) is 18.3. The molecule has 1 atom stereocenters. The highest BCUT2D eigenvalue weighted by Gasteiger charge is 2.34. The van der Waals surface area contributed by atoms with Crippen molar-refractivity contribution in [3.8, 4) is 0 Å². The van der Waals surface area contributed by atoms with E-state index in [2.05, 4.69) is 5.32 Å². The lowest BCUT2D eigenvalue weighted by Gasteiger charge is -2.25. The smallest absolute Gasteiger partial charge is 0.238 e. The van der Waals surface area contributed by atoms with Gasteiger partial charge in [0.25, 0.3) is 0 Å². The third-order valence-electron chi connectivity index (χ3n) is 4.71. The van der Waals surface area contributed by atoms with Gasteiger partial charge in [0.15, 0.2) is 0 Å². The normalized spacial score (nSPS) is 19.7. The summed E-state index contributed by atoms with van der Waals surface area (Å²) in [4.78, 5) is 25.9. The maximum atomic E-state index is 13.9. The molecule has 4 rings (SSSR count). The van der Waals surface area contributed by atoms with Crippen molar-refractivity contribution in [1.29, 1.82) is 0 Å². The van der Waals surface area contributed by atoms with Crippen molar-refractivity contribution in [3.05, 3.63) is 59.4 Å². The lowest BCUT2D eigenvalue weighted by Crippen LogP contribution is -2.28. The largest absolute Gasteiger partial charge is 0.326 e. The lowest BCUT2D eigenvalue weighted by atomic mass is 10.1. The number of halogens is 1. The van der Waals surface area contributed by atoms with Gasteiger partial charge in [-0.3, -0.25) is 14.5 Å². The van der Waals surface area contributed by atoms with Crippen LogP contribution in [0.4, 0.5) is 15.8 Å². The highest BCUT2D eigenvalue weighted by Crippen LogP contribution is 2.42. The molecule has 6 heteroatoms. The molecule has 2 aliphatic rings. The van der Waals surface area contributed by atoms with Crippen LogP contribution in [0.1, 0.15) is 29.3 Å². The molecule has 2 fully saturated rings. The fourth-order valence-electron chi connectivity index (χ4n) is 3.00. The van der Waals surface area contributed by atoms with Gasteiger partial charge in [-0.25, -0.2) is 4.39 Å². The SMILES string of the molecule is Cc1ccc(N2C(=O)CS[C@@H]2c2ccc(NC(=O)C3CC3)cc2)cc1F. The van der Waals surface area contributed by atoms with Crippen molar-refractivity contribution in [3.63, 3.8) is 0 Å². The monoisotopic (exact) mass is 370 g/mol. The number of hydrogen-bond donors (Lipinski definition) is 1. The molecule has 26 heavy (non-hydrogen) atoms. The van der Waals surface area contributed by atoms with Gasteiger partial charge in [-0.1, -0.05) is 18.2 Å². The molecule has 0 spiro atoms. The van der Waals surface area contributed by atoms with Crippen LogP contribution in [0.3, 0.4) is 0 Å². The van der Waals surface area contributed by atoms with E-state index in [1.165, 1.54) is 17.8 Å². The lowest BCUT2D eigenvalue weighted by molar-refractivity contribution is -0.117. The van der Waals surface area contributed by atoms with Crippen LogP contribution in [-0.2, 0) is 9.59 Å². The maximum absolute atomic E-state index is 13.9. The van der Waals surface area contributed by atoms with Crippen molar-refractivity contribution in [2.75, 3.05) is 16.0 Å². The van der Waals surface area contributed by atoms with Gasteiger partial charge >= 0.3 is 0 Å². The molecule has 1 N–H and O–H groups in total. The van der Waals surface area contributed by atoms with E-state index in [4.69, 9.17) is 0 Å². The Morgan fingerprint density at radius 3 is 2.58 bits per heavy atom. The number of benzene rings is 2. The fraction of sp³-hybridized carbons (Fsp3) is 0.300. The Hall–Kier alpha value is -2.34. The Kier molecular flexibility index (Phi) is 4.44. The molecule has 0 unspecified atom stereocenters. The quantitative estimate of drug-likeness (QED) is 0.875. The average Bonchev–Trinajstić information content (AvgIpc) is 3.41. The van der Waals surface area contributed by atoms with E-state index in [0.29, 0.717) is 17.0 Å². The van der Waals surface area contributed by atoms with Crippen molar-refractivity contribution < 1.29 is 14.0 Å². The highest BCUT2D eigenvalue weighted by molar-refractivity contribution is 8.00. The molecule has 1 saturated heterocycles. The molecule has 0 radical (unpaired) electrons. The molecular weight excluding hydrogens is 351 g/mol. The molecule has 1 aliphatic heterocycles. The summed E-state index contributed by atoms with van der Waals surface area (Å²) in [5, 5.41) is 2.71. The molecule has 1 saturated carbocycles. The summed E-state index contributed by atoms with van der Waals surface area (Å²) in [6.07, 6.45) is 1.93. The van der Waals surface area contributed by atoms with Crippen LogP contribution in [-0.4, -0.2) is 17.6 Å². The van der Waals surface area contributed by atoms with Crippen LogP contribution in [0.25, 0.3) is 0 Å². The summed E-state index contributed by atoms with van der Waals surface area (Å²) in [7, 11) is 0. The summed E-state index contributed by atoms with van der Waals surface area (Å²) >= 11 is 1.52. The first kappa shape index (κ1) is 17.1. The van der Waals surface area contributed by atoms with Gasteiger partial charge in [-0.05, 0) is 55.2 Å². The second-order valence-electron chi connectivity index (χ2n) is 6.75. The summed E-state index contributed by atoms with van der Waals surface area (Å²) in [6.45, 7) is 1.70. The Balaban J connectivity index is 1.56. The third kappa shape index (κ3) is 3.33. The second kappa shape index (κ2) is 6.76. The van der Waals surface area contributed by atoms with Crippen LogP contribution in [0.2, 0.25) is 0 Å². The van der Waals surface area contributed by atoms with Crippen LogP contribution >= 0.6 is 11.8 Å². The van der Waals surface area contributed by atoms with Gasteiger partial charge in [0.2, 0.25) is 11.8 Å². The van der Waals surface area contributed by atoms with E-state index >= 15 is 0 Å². The number of nitrogens with zero attached hydrogens (tertiary/aromatic N) is 1. The first-order chi connectivity index (χ1) is 12.5. The summed E-state index contributed by atoms with van der Waals surface area (Å²) in [5.41, 5.74) is 2.83. The van der Waals surface area contributed by atoms with Gasteiger partial charge in [-0.15, -0.1) is 11.8 Å². The van der Waals surface area contributed by atoms with Crippen molar-refractivity contribution in [2.24, 2.45) is 5.92 Å². The maximum Gasteiger partial charge on any atom is 0.238 e. The number of thioether (sulfide) groups is 1. The Morgan fingerprint density at radius 2 is 1.92 bits per heavy atom. The van der Waals surface area contributed by atoms with Crippen molar-refractivity contribution >= 4 is 35.0 Å².